The second-order valence-corrected chi connectivity index (χ2v) is 4.77. The van der Waals surface area contributed by atoms with Crippen molar-refractivity contribution < 1.29 is 5.11 Å². The zero-order valence-corrected chi connectivity index (χ0v) is 10.5. The van der Waals surface area contributed by atoms with Gasteiger partial charge in [-0.3, -0.25) is 0 Å². The lowest BCUT2D eigenvalue weighted by molar-refractivity contribution is 0.146. The average Bonchev–Trinajstić information content (AvgIpc) is 2.21. The summed E-state index contributed by atoms with van der Waals surface area (Å²) >= 11 is 11.9. The minimum atomic E-state index is -0.522. The van der Waals surface area contributed by atoms with E-state index in [-0.39, 0.29) is 0 Å². The topological polar surface area (TPSA) is 20.2 Å². The van der Waals surface area contributed by atoms with E-state index in [1.54, 1.807) is 18.2 Å². The highest BCUT2D eigenvalue weighted by molar-refractivity contribution is 6.33. The van der Waals surface area contributed by atoms with Gasteiger partial charge in [-0.2, -0.15) is 0 Å². The molecule has 3 heteroatoms. The summed E-state index contributed by atoms with van der Waals surface area (Å²) in [5.74, 6) is 0.482. The zero-order chi connectivity index (χ0) is 11.4. The first-order chi connectivity index (χ1) is 7.04. The molecule has 1 aromatic carbocycles. The first-order valence-corrected chi connectivity index (χ1v) is 5.93. The molecule has 0 heterocycles. The Hall–Kier alpha value is -0.240. The molecule has 0 aliphatic carbocycles. The van der Waals surface area contributed by atoms with Crippen LogP contribution < -0.4 is 0 Å². The summed E-state index contributed by atoms with van der Waals surface area (Å²) in [6.07, 6.45) is 1.25. The molecule has 0 aromatic heterocycles. The van der Waals surface area contributed by atoms with Crippen molar-refractivity contribution in [3.8, 4) is 0 Å². The number of hydrogen-bond acceptors (Lipinski definition) is 1. The molecule has 1 aromatic rings. The third-order valence-corrected chi connectivity index (χ3v) is 3.22. The quantitative estimate of drug-likeness (QED) is 0.832. The van der Waals surface area contributed by atoms with Crippen molar-refractivity contribution in [2.45, 2.75) is 32.8 Å². The van der Waals surface area contributed by atoms with Crippen molar-refractivity contribution >= 4 is 23.2 Å². The van der Waals surface area contributed by atoms with Gasteiger partial charge in [0.25, 0.3) is 0 Å². The second kappa shape index (κ2) is 5.74. The van der Waals surface area contributed by atoms with Gasteiger partial charge in [-0.15, -0.1) is 0 Å². The summed E-state index contributed by atoms with van der Waals surface area (Å²) in [6.45, 7) is 4.22. The highest BCUT2D eigenvalue weighted by Crippen LogP contribution is 2.30. The number of aliphatic hydroxyl groups is 1. The van der Waals surface area contributed by atoms with E-state index < -0.39 is 6.10 Å². The third-order valence-electron chi connectivity index (χ3n) is 2.64. The first kappa shape index (κ1) is 12.8. The standard InChI is InChI=1S/C12H16Cl2O/c1-3-8(2)6-12(15)10-7-9(13)4-5-11(10)14/h4-5,7-8,12,15H,3,6H2,1-2H3. The van der Waals surface area contributed by atoms with Gasteiger partial charge in [-0.05, 0) is 30.5 Å². The molecule has 0 bridgehead atoms. The van der Waals surface area contributed by atoms with Gasteiger partial charge in [0.15, 0.2) is 0 Å². The number of aliphatic hydroxyl groups excluding tert-OH is 1. The fourth-order valence-electron chi connectivity index (χ4n) is 1.44. The Kier molecular flexibility index (Phi) is 4.91. The van der Waals surface area contributed by atoms with E-state index in [9.17, 15) is 5.11 Å². The van der Waals surface area contributed by atoms with Crippen molar-refractivity contribution in [1.29, 1.82) is 0 Å². The van der Waals surface area contributed by atoms with E-state index in [4.69, 9.17) is 23.2 Å². The molecule has 1 rings (SSSR count). The smallest absolute Gasteiger partial charge is 0.0807 e. The lowest BCUT2D eigenvalue weighted by Crippen LogP contribution is -2.04. The van der Waals surface area contributed by atoms with E-state index in [0.29, 0.717) is 16.0 Å². The van der Waals surface area contributed by atoms with Crippen LogP contribution in [-0.2, 0) is 0 Å². The Bertz CT molecular complexity index is 325. The maximum atomic E-state index is 9.98. The molecule has 2 unspecified atom stereocenters. The summed E-state index contributed by atoms with van der Waals surface area (Å²) in [5.41, 5.74) is 0.726. The van der Waals surface area contributed by atoms with Gasteiger partial charge in [-0.1, -0.05) is 43.5 Å². The van der Waals surface area contributed by atoms with Crippen molar-refractivity contribution in [3.63, 3.8) is 0 Å². The van der Waals surface area contributed by atoms with Crippen LogP contribution >= 0.6 is 23.2 Å². The van der Waals surface area contributed by atoms with Gasteiger partial charge < -0.3 is 5.11 Å². The third kappa shape index (κ3) is 3.67. The van der Waals surface area contributed by atoms with Crippen LogP contribution in [0.1, 0.15) is 38.4 Å². The molecule has 1 nitrogen and oxygen atoms in total. The van der Waals surface area contributed by atoms with Gasteiger partial charge in [0.1, 0.15) is 0 Å². The Morgan fingerprint density at radius 3 is 2.60 bits per heavy atom. The van der Waals surface area contributed by atoms with Gasteiger partial charge >= 0.3 is 0 Å². The van der Waals surface area contributed by atoms with E-state index in [1.807, 2.05) is 0 Å². The minimum absolute atomic E-state index is 0.482. The van der Waals surface area contributed by atoms with Crippen LogP contribution in [0.15, 0.2) is 18.2 Å². The summed E-state index contributed by atoms with van der Waals surface area (Å²) in [4.78, 5) is 0. The van der Waals surface area contributed by atoms with Gasteiger partial charge in [-0.25, -0.2) is 0 Å². The lowest BCUT2D eigenvalue weighted by atomic mass is 9.96. The maximum Gasteiger partial charge on any atom is 0.0807 e. The van der Waals surface area contributed by atoms with Crippen LogP contribution in [0.2, 0.25) is 10.0 Å². The molecule has 0 aliphatic heterocycles. The first-order valence-electron chi connectivity index (χ1n) is 5.17. The average molecular weight is 247 g/mol. The number of benzene rings is 1. The Morgan fingerprint density at radius 2 is 2.00 bits per heavy atom. The molecule has 0 spiro atoms. The van der Waals surface area contributed by atoms with Crippen molar-refractivity contribution in [2.75, 3.05) is 0 Å². The molecule has 2 atom stereocenters. The number of hydrogen-bond donors (Lipinski definition) is 1. The maximum absolute atomic E-state index is 9.98. The summed E-state index contributed by atoms with van der Waals surface area (Å²) in [7, 11) is 0. The predicted molar refractivity (Wildman–Crippen MR) is 65.5 cm³/mol. The normalized spacial score (nSPS) is 15.0. The van der Waals surface area contributed by atoms with Crippen molar-refractivity contribution in [2.24, 2.45) is 5.92 Å². The SMILES string of the molecule is CCC(C)CC(O)c1cc(Cl)ccc1Cl. The molecule has 1 N–H and O–H groups in total. The van der Waals surface area contributed by atoms with Crippen LogP contribution in [0, 0.1) is 5.92 Å². The molecule has 0 fully saturated rings. The van der Waals surface area contributed by atoms with Crippen LogP contribution in [0.3, 0.4) is 0 Å². The molecule has 15 heavy (non-hydrogen) atoms. The van der Waals surface area contributed by atoms with Crippen molar-refractivity contribution in [3.05, 3.63) is 33.8 Å². The lowest BCUT2D eigenvalue weighted by Gasteiger charge is -2.16. The van der Waals surface area contributed by atoms with E-state index >= 15 is 0 Å². The van der Waals surface area contributed by atoms with Crippen LogP contribution in [-0.4, -0.2) is 5.11 Å². The van der Waals surface area contributed by atoms with Crippen molar-refractivity contribution in [1.82, 2.24) is 0 Å². The molecular weight excluding hydrogens is 231 g/mol. The second-order valence-electron chi connectivity index (χ2n) is 3.93. The van der Waals surface area contributed by atoms with E-state index in [0.717, 1.165) is 18.4 Å². The van der Waals surface area contributed by atoms with Gasteiger partial charge in [0.2, 0.25) is 0 Å². The largest absolute Gasteiger partial charge is 0.388 e. The zero-order valence-electron chi connectivity index (χ0n) is 9.00. The number of rotatable bonds is 4. The Balaban J connectivity index is 2.80. The van der Waals surface area contributed by atoms with Crippen LogP contribution in [0.25, 0.3) is 0 Å². The molecular formula is C12H16Cl2O. The highest BCUT2D eigenvalue weighted by atomic mass is 35.5. The minimum Gasteiger partial charge on any atom is -0.388 e. The fourth-order valence-corrected chi connectivity index (χ4v) is 1.87. The van der Waals surface area contributed by atoms with Crippen LogP contribution in [0.5, 0.6) is 0 Å². The number of halogens is 2. The molecule has 0 saturated heterocycles. The molecule has 0 aliphatic rings. The van der Waals surface area contributed by atoms with Crippen LogP contribution in [0.4, 0.5) is 0 Å². The monoisotopic (exact) mass is 246 g/mol. The van der Waals surface area contributed by atoms with Gasteiger partial charge in [0, 0.05) is 15.6 Å². The van der Waals surface area contributed by atoms with E-state index in [2.05, 4.69) is 13.8 Å². The molecule has 0 saturated carbocycles. The fraction of sp³-hybridized carbons (Fsp3) is 0.500. The summed E-state index contributed by atoms with van der Waals surface area (Å²) in [6, 6.07) is 5.18. The predicted octanol–water partition coefficient (Wildman–Crippen LogP) is 4.46. The molecule has 84 valence electrons. The Labute approximate surface area is 101 Å². The highest BCUT2D eigenvalue weighted by Gasteiger charge is 2.14. The van der Waals surface area contributed by atoms with Gasteiger partial charge in [0.05, 0.1) is 6.10 Å². The summed E-state index contributed by atoms with van der Waals surface area (Å²) in [5, 5.41) is 11.2. The van der Waals surface area contributed by atoms with E-state index in [1.165, 1.54) is 0 Å². The molecule has 0 radical (unpaired) electrons. The summed E-state index contributed by atoms with van der Waals surface area (Å²) < 4.78 is 0. The molecule has 0 amide bonds. The Morgan fingerprint density at radius 1 is 1.33 bits per heavy atom.